The zero-order valence-corrected chi connectivity index (χ0v) is 22.3. The van der Waals surface area contributed by atoms with E-state index in [0.717, 1.165) is 24.7 Å². The maximum atomic E-state index is 13.0. The number of amides is 2. The van der Waals surface area contributed by atoms with Crippen molar-refractivity contribution in [3.8, 4) is 11.3 Å². The highest BCUT2D eigenvalue weighted by Gasteiger charge is 2.51. The van der Waals surface area contributed by atoms with Gasteiger partial charge in [0.1, 0.15) is 34.3 Å². The second kappa shape index (κ2) is 10.2. The first kappa shape index (κ1) is 26.8. The Labute approximate surface area is 234 Å². The van der Waals surface area contributed by atoms with Gasteiger partial charge in [-0.15, -0.1) is 0 Å². The second-order valence-electron chi connectivity index (χ2n) is 10.8. The number of aromatic nitrogens is 4. The molecule has 1 aliphatic carbocycles. The molecule has 1 aliphatic heterocycles. The minimum atomic E-state index is -2.67. The Bertz CT molecular complexity index is 1640. The number of halogens is 2. The lowest BCUT2D eigenvalue weighted by Gasteiger charge is -2.38. The highest BCUT2D eigenvalue weighted by atomic mass is 19.3. The molecule has 0 spiro atoms. The molecular formula is C29H29F2N7O3. The SMILES string of the molecule is C[C@H]1CC[C@@H](c2nc(-c3ccc(C(=O)Nc4cc(C(F)F)ccn4)cc3)c3c(N)nccn23)CN1C(=O)C1(O)CC1. The van der Waals surface area contributed by atoms with Gasteiger partial charge in [0, 0.05) is 53.8 Å². The molecule has 212 valence electrons. The number of piperidine rings is 1. The fraction of sp³-hybridized carbons (Fsp3) is 0.345. The highest BCUT2D eigenvalue weighted by molar-refractivity contribution is 6.04. The summed E-state index contributed by atoms with van der Waals surface area (Å²) in [6, 6.07) is 9.04. The third-order valence-corrected chi connectivity index (χ3v) is 7.94. The van der Waals surface area contributed by atoms with Gasteiger partial charge in [-0.25, -0.2) is 23.7 Å². The number of nitrogens with two attached hydrogens (primary N) is 1. The summed E-state index contributed by atoms with van der Waals surface area (Å²) < 4.78 is 27.9. The van der Waals surface area contributed by atoms with Gasteiger partial charge < -0.3 is 21.1 Å². The molecule has 6 rings (SSSR count). The van der Waals surface area contributed by atoms with E-state index in [1.165, 1.54) is 12.3 Å². The number of nitrogens with zero attached hydrogens (tertiary/aromatic N) is 5. The maximum Gasteiger partial charge on any atom is 0.264 e. The van der Waals surface area contributed by atoms with Crippen molar-refractivity contribution in [2.24, 2.45) is 0 Å². The molecule has 3 aromatic heterocycles. The molecule has 1 aromatic carbocycles. The van der Waals surface area contributed by atoms with E-state index in [1.807, 2.05) is 11.3 Å². The Hall–Kier alpha value is -4.45. The number of rotatable bonds is 6. The predicted molar refractivity (Wildman–Crippen MR) is 147 cm³/mol. The van der Waals surface area contributed by atoms with E-state index in [-0.39, 0.29) is 35.1 Å². The van der Waals surface area contributed by atoms with E-state index in [0.29, 0.717) is 41.7 Å². The van der Waals surface area contributed by atoms with Gasteiger partial charge in [0.15, 0.2) is 0 Å². The van der Waals surface area contributed by atoms with Crippen molar-refractivity contribution in [2.75, 3.05) is 17.6 Å². The zero-order valence-electron chi connectivity index (χ0n) is 22.3. The van der Waals surface area contributed by atoms with E-state index in [1.54, 1.807) is 41.6 Å². The molecule has 41 heavy (non-hydrogen) atoms. The van der Waals surface area contributed by atoms with E-state index in [2.05, 4.69) is 15.3 Å². The number of pyridine rings is 1. The lowest BCUT2D eigenvalue weighted by molar-refractivity contribution is -0.146. The van der Waals surface area contributed by atoms with Crippen molar-refractivity contribution in [1.29, 1.82) is 0 Å². The third-order valence-electron chi connectivity index (χ3n) is 7.94. The number of alkyl halides is 2. The fourth-order valence-corrected chi connectivity index (χ4v) is 5.40. The van der Waals surface area contributed by atoms with Crippen LogP contribution in [0.2, 0.25) is 0 Å². The van der Waals surface area contributed by atoms with Gasteiger partial charge in [-0.05, 0) is 56.9 Å². The first-order chi connectivity index (χ1) is 19.6. The van der Waals surface area contributed by atoms with Crippen molar-refractivity contribution in [3.05, 3.63) is 71.9 Å². The molecule has 1 saturated carbocycles. The van der Waals surface area contributed by atoms with Crippen LogP contribution >= 0.6 is 0 Å². The number of aliphatic hydroxyl groups is 1. The Morgan fingerprint density at radius 3 is 2.59 bits per heavy atom. The van der Waals surface area contributed by atoms with Crippen LogP contribution in [0.4, 0.5) is 20.4 Å². The van der Waals surface area contributed by atoms with Crippen molar-refractivity contribution in [3.63, 3.8) is 0 Å². The summed E-state index contributed by atoms with van der Waals surface area (Å²) in [6.45, 7) is 2.43. The highest BCUT2D eigenvalue weighted by Crippen LogP contribution is 2.41. The van der Waals surface area contributed by atoms with Gasteiger partial charge in [0.05, 0.1) is 0 Å². The standard InChI is InChI=1S/C29H29F2N7O3/c1-16-2-3-20(15-38(16)28(40)29(41)9-10-29)26-36-22(23-25(32)34-12-13-37(23)26)17-4-6-18(7-5-17)27(39)35-21-14-19(24(30)31)8-11-33-21/h4-8,11-14,16,20,24,41H,2-3,9-10,15H2,1H3,(H2,32,34)(H,33,35,39)/t16-,20+/m0/s1. The van der Waals surface area contributed by atoms with Crippen LogP contribution in [0.25, 0.3) is 16.8 Å². The summed E-state index contributed by atoms with van der Waals surface area (Å²) in [7, 11) is 0. The quantitative estimate of drug-likeness (QED) is 0.321. The van der Waals surface area contributed by atoms with Crippen molar-refractivity contribution < 1.29 is 23.5 Å². The topological polar surface area (TPSA) is 139 Å². The number of anilines is 2. The first-order valence-corrected chi connectivity index (χ1v) is 13.5. The normalized spacial score (nSPS) is 19.9. The number of carbonyl (C=O) groups is 2. The smallest absolute Gasteiger partial charge is 0.264 e. The molecule has 2 fully saturated rings. The number of likely N-dealkylation sites (tertiary alicyclic amines) is 1. The number of hydrogen-bond acceptors (Lipinski definition) is 7. The van der Waals surface area contributed by atoms with Gasteiger partial charge >= 0.3 is 0 Å². The molecule has 0 unspecified atom stereocenters. The number of nitrogens with one attached hydrogen (secondary N) is 1. The van der Waals surface area contributed by atoms with Crippen LogP contribution in [-0.2, 0) is 4.79 Å². The second-order valence-corrected chi connectivity index (χ2v) is 10.8. The monoisotopic (exact) mass is 561 g/mol. The van der Waals surface area contributed by atoms with Crippen LogP contribution in [0.5, 0.6) is 0 Å². The number of carbonyl (C=O) groups excluding carboxylic acids is 2. The average molecular weight is 562 g/mol. The molecule has 2 aliphatic rings. The summed E-state index contributed by atoms with van der Waals surface area (Å²) in [4.78, 5) is 40.7. The van der Waals surface area contributed by atoms with E-state index in [4.69, 9.17) is 10.7 Å². The zero-order chi connectivity index (χ0) is 28.9. The summed E-state index contributed by atoms with van der Waals surface area (Å²) in [5.74, 6) is 0.263. The van der Waals surface area contributed by atoms with E-state index < -0.39 is 17.9 Å². The molecule has 2 atom stereocenters. The summed E-state index contributed by atoms with van der Waals surface area (Å²) in [6.07, 6.45) is 4.50. The Balaban J connectivity index is 1.28. The minimum absolute atomic E-state index is 0.0209. The Morgan fingerprint density at radius 1 is 1.12 bits per heavy atom. The van der Waals surface area contributed by atoms with Crippen molar-refractivity contribution >= 4 is 29.0 Å². The molecule has 1 saturated heterocycles. The first-order valence-electron chi connectivity index (χ1n) is 13.5. The molecular weight excluding hydrogens is 532 g/mol. The van der Waals surface area contributed by atoms with Gasteiger partial charge in [-0.1, -0.05) is 12.1 Å². The summed E-state index contributed by atoms with van der Waals surface area (Å²) in [5, 5.41) is 13.0. The molecule has 0 radical (unpaired) electrons. The van der Waals surface area contributed by atoms with E-state index >= 15 is 0 Å². The van der Waals surface area contributed by atoms with Crippen molar-refractivity contribution in [2.45, 2.75) is 56.6 Å². The molecule has 4 N–H and O–H groups in total. The van der Waals surface area contributed by atoms with Gasteiger partial charge in [0.2, 0.25) is 0 Å². The molecule has 4 heterocycles. The Morgan fingerprint density at radius 2 is 1.88 bits per heavy atom. The van der Waals surface area contributed by atoms with Crippen LogP contribution in [0.15, 0.2) is 55.0 Å². The van der Waals surface area contributed by atoms with Crippen LogP contribution in [-0.4, -0.2) is 59.4 Å². The maximum absolute atomic E-state index is 13.0. The van der Waals surface area contributed by atoms with Gasteiger partial charge in [-0.3, -0.25) is 14.0 Å². The largest absolute Gasteiger partial charge is 0.382 e. The molecule has 0 bridgehead atoms. The molecule has 10 nitrogen and oxygen atoms in total. The summed E-state index contributed by atoms with van der Waals surface area (Å²) >= 11 is 0. The lowest BCUT2D eigenvalue weighted by Crippen LogP contribution is -2.50. The van der Waals surface area contributed by atoms with Crippen molar-refractivity contribution in [1.82, 2.24) is 24.3 Å². The molecule has 2 amide bonds. The Kier molecular flexibility index (Phi) is 6.65. The summed E-state index contributed by atoms with van der Waals surface area (Å²) in [5.41, 5.74) is 7.04. The van der Waals surface area contributed by atoms with Crippen LogP contribution in [0.3, 0.4) is 0 Å². The average Bonchev–Trinajstić information content (AvgIpc) is 3.60. The number of benzene rings is 1. The predicted octanol–water partition coefficient (Wildman–Crippen LogP) is 4.18. The van der Waals surface area contributed by atoms with Gasteiger partial charge in [-0.2, -0.15) is 0 Å². The molecule has 4 aromatic rings. The fourth-order valence-electron chi connectivity index (χ4n) is 5.40. The van der Waals surface area contributed by atoms with E-state index in [9.17, 15) is 23.5 Å². The number of imidazole rings is 1. The van der Waals surface area contributed by atoms with Gasteiger partial charge in [0.25, 0.3) is 18.2 Å². The van der Waals surface area contributed by atoms with Crippen LogP contribution < -0.4 is 11.1 Å². The van der Waals surface area contributed by atoms with Crippen LogP contribution in [0.1, 0.15) is 66.7 Å². The molecule has 12 heteroatoms. The lowest BCUT2D eigenvalue weighted by atomic mass is 9.92. The third kappa shape index (κ3) is 4.99. The number of nitrogen functional groups attached to an aromatic ring is 1. The number of fused-ring (bicyclic) bond motifs is 1. The number of hydrogen-bond donors (Lipinski definition) is 3. The van der Waals surface area contributed by atoms with Crippen LogP contribution in [0, 0.1) is 0 Å². The minimum Gasteiger partial charge on any atom is -0.382 e.